The van der Waals surface area contributed by atoms with Crippen LogP contribution in [0.1, 0.15) is 309 Å². The summed E-state index contributed by atoms with van der Waals surface area (Å²) >= 11 is 0. The summed E-state index contributed by atoms with van der Waals surface area (Å²) < 4.78 is 11.3. The molecular formula is C62H119NO8. The van der Waals surface area contributed by atoms with Gasteiger partial charge < -0.3 is 40.3 Å². The van der Waals surface area contributed by atoms with E-state index in [1.165, 1.54) is 238 Å². The number of nitrogens with one attached hydrogen (secondary N) is 1. The van der Waals surface area contributed by atoms with E-state index in [-0.39, 0.29) is 12.5 Å². The third-order valence-corrected chi connectivity index (χ3v) is 15.1. The summed E-state index contributed by atoms with van der Waals surface area (Å²) in [5.74, 6) is -0.139. The summed E-state index contributed by atoms with van der Waals surface area (Å²) in [6, 6.07) is -0.715. The molecule has 420 valence electrons. The summed E-state index contributed by atoms with van der Waals surface area (Å²) in [5.41, 5.74) is 0. The number of carbonyl (C=O) groups is 1. The Hall–Kier alpha value is -1.33. The van der Waals surface area contributed by atoms with Crippen molar-refractivity contribution < 1.29 is 39.8 Å². The van der Waals surface area contributed by atoms with E-state index in [9.17, 15) is 30.3 Å². The van der Waals surface area contributed by atoms with E-state index < -0.39 is 49.5 Å². The predicted molar refractivity (Wildman–Crippen MR) is 300 cm³/mol. The Bertz CT molecular complexity index is 1170. The number of carbonyl (C=O) groups excluding carboxylic acids is 1. The zero-order chi connectivity index (χ0) is 51.5. The molecule has 0 bridgehead atoms. The van der Waals surface area contributed by atoms with Crippen molar-refractivity contribution in [3.63, 3.8) is 0 Å². The Labute approximate surface area is 439 Å². The van der Waals surface area contributed by atoms with Gasteiger partial charge in [0, 0.05) is 6.42 Å². The lowest BCUT2D eigenvalue weighted by Crippen LogP contribution is -2.60. The first-order valence-corrected chi connectivity index (χ1v) is 31.0. The minimum atomic E-state index is -1.55. The lowest BCUT2D eigenvalue weighted by molar-refractivity contribution is -0.302. The minimum absolute atomic E-state index is 0.133. The highest BCUT2D eigenvalue weighted by atomic mass is 16.7. The molecule has 1 fully saturated rings. The molecule has 0 aromatic carbocycles. The lowest BCUT2D eigenvalue weighted by atomic mass is 9.99. The quantitative estimate of drug-likeness (QED) is 0.0261. The largest absolute Gasteiger partial charge is 0.394 e. The molecule has 0 saturated carbocycles. The van der Waals surface area contributed by atoms with Gasteiger partial charge >= 0.3 is 0 Å². The molecule has 1 aliphatic rings. The molecule has 71 heavy (non-hydrogen) atoms. The highest BCUT2D eigenvalue weighted by molar-refractivity contribution is 5.76. The van der Waals surface area contributed by atoms with Crippen LogP contribution in [-0.4, -0.2) is 87.5 Å². The Balaban J connectivity index is 2.05. The van der Waals surface area contributed by atoms with Gasteiger partial charge in [0.2, 0.25) is 5.91 Å². The number of hydrogen-bond acceptors (Lipinski definition) is 8. The molecule has 0 radical (unpaired) electrons. The molecule has 6 N–H and O–H groups in total. The highest BCUT2D eigenvalue weighted by Gasteiger charge is 2.44. The third-order valence-electron chi connectivity index (χ3n) is 15.1. The summed E-state index contributed by atoms with van der Waals surface area (Å²) in [5, 5.41) is 54.6. The normalized spacial score (nSPS) is 19.3. The van der Waals surface area contributed by atoms with Crippen LogP contribution < -0.4 is 5.32 Å². The molecule has 7 atom stereocenters. The Morgan fingerprint density at radius 3 is 1.21 bits per heavy atom. The van der Waals surface area contributed by atoms with Gasteiger partial charge in [0.1, 0.15) is 24.4 Å². The third kappa shape index (κ3) is 41.6. The Morgan fingerprint density at radius 2 is 0.831 bits per heavy atom. The number of aliphatic hydroxyl groups is 5. The van der Waals surface area contributed by atoms with Gasteiger partial charge in [0.05, 0.1) is 25.4 Å². The second-order valence-corrected chi connectivity index (χ2v) is 21.9. The maximum Gasteiger partial charge on any atom is 0.220 e. The molecular weight excluding hydrogens is 887 g/mol. The van der Waals surface area contributed by atoms with Crippen LogP contribution >= 0.6 is 0 Å². The first-order valence-electron chi connectivity index (χ1n) is 31.0. The summed E-state index contributed by atoms with van der Waals surface area (Å²) in [6.45, 7) is 3.85. The van der Waals surface area contributed by atoms with Gasteiger partial charge in [-0.2, -0.15) is 0 Å². The molecule has 1 saturated heterocycles. The number of amides is 1. The van der Waals surface area contributed by atoms with Crippen molar-refractivity contribution in [2.24, 2.45) is 0 Å². The van der Waals surface area contributed by atoms with Gasteiger partial charge in [0.25, 0.3) is 0 Å². The highest BCUT2D eigenvalue weighted by Crippen LogP contribution is 2.23. The monoisotopic (exact) mass is 1010 g/mol. The van der Waals surface area contributed by atoms with Crippen molar-refractivity contribution in [2.45, 2.75) is 352 Å². The van der Waals surface area contributed by atoms with Crippen molar-refractivity contribution >= 4 is 5.91 Å². The van der Waals surface area contributed by atoms with Crippen LogP contribution in [0.25, 0.3) is 0 Å². The molecule has 9 heteroatoms. The standard InChI is InChI=1S/C62H119NO8/c1-3-5-7-9-11-13-15-17-18-19-20-21-22-23-24-25-26-27-28-29-30-31-32-33-34-35-36-37-38-40-42-44-46-48-50-52-58(66)63-55(54-70-62-61(69)60(68)59(67)57(53-64)71-62)56(65)51-49-47-45-43-41-39-16-14-12-10-8-6-4-2/h15,17,19-20,55-57,59-62,64-65,67-69H,3-14,16,18,21-54H2,1-2H3,(H,63,66)/b17-15-,20-19-. The van der Waals surface area contributed by atoms with Crippen LogP contribution in [0.3, 0.4) is 0 Å². The first kappa shape index (κ1) is 67.7. The zero-order valence-corrected chi connectivity index (χ0v) is 46.8. The van der Waals surface area contributed by atoms with E-state index in [0.29, 0.717) is 12.8 Å². The van der Waals surface area contributed by atoms with Gasteiger partial charge in [-0.25, -0.2) is 0 Å². The molecule has 0 aliphatic carbocycles. The van der Waals surface area contributed by atoms with Crippen LogP contribution in [0.4, 0.5) is 0 Å². The summed E-state index contributed by atoms with van der Waals surface area (Å²) in [4.78, 5) is 13.1. The van der Waals surface area contributed by atoms with Crippen LogP contribution in [0.5, 0.6) is 0 Å². The van der Waals surface area contributed by atoms with Crippen molar-refractivity contribution in [1.29, 1.82) is 0 Å². The maximum atomic E-state index is 13.1. The molecule has 1 aliphatic heterocycles. The van der Waals surface area contributed by atoms with Crippen molar-refractivity contribution in [2.75, 3.05) is 13.2 Å². The number of rotatable bonds is 54. The van der Waals surface area contributed by atoms with Crippen LogP contribution in [-0.2, 0) is 14.3 Å². The summed E-state index contributed by atoms with van der Waals surface area (Å²) in [7, 11) is 0. The fourth-order valence-corrected chi connectivity index (χ4v) is 10.1. The molecule has 1 rings (SSSR count). The smallest absolute Gasteiger partial charge is 0.220 e. The van der Waals surface area contributed by atoms with Crippen molar-refractivity contribution in [3.05, 3.63) is 24.3 Å². The Morgan fingerprint density at radius 1 is 0.479 bits per heavy atom. The topological polar surface area (TPSA) is 149 Å². The maximum absolute atomic E-state index is 13.1. The number of unbranched alkanes of at least 4 members (excludes halogenated alkanes) is 40. The molecule has 0 aromatic rings. The first-order chi connectivity index (χ1) is 34.8. The van der Waals surface area contributed by atoms with Gasteiger partial charge in [-0.1, -0.05) is 282 Å². The molecule has 7 unspecified atom stereocenters. The van der Waals surface area contributed by atoms with Crippen LogP contribution in [0.15, 0.2) is 24.3 Å². The zero-order valence-electron chi connectivity index (χ0n) is 46.8. The average molecular weight is 1010 g/mol. The SMILES string of the molecule is CCCCCCC/C=C\C/C=C\CCCCCCCCCCCCCCCCCCCCCCCCCC(=O)NC(COC1OC(CO)C(O)C(O)C1O)C(O)CCCCCCCCCCCCCCC. The van der Waals surface area contributed by atoms with E-state index in [1.54, 1.807) is 0 Å². The van der Waals surface area contributed by atoms with E-state index in [2.05, 4.69) is 43.5 Å². The molecule has 0 spiro atoms. The fourth-order valence-electron chi connectivity index (χ4n) is 10.1. The van der Waals surface area contributed by atoms with Gasteiger partial charge in [-0.3, -0.25) is 4.79 Å². The van der Waals surface area contributed by atoms with Gasteiger partial charge in [-0.15, -0.1) is 0 Å². The summed E-state index contributed by atoms with van der Waals surface area (Å²) in [6.07, 6.45) is 59.5. The average Bonchev–Trinajstić information content (AvgIpc) is 3.37. The molecule has 9 nitrogen and oxygen atoms in total. The van der Waals surface area contributed by atoms with Crippen molar-refractivity contribution in [1.82, 2.24) is 5.32 Å². The number of aliphatic hydroxyl groups excluding tert-OH is 5. The second-order valence-electron chi connectivity index (χ2n) is 21.9. The van der Waals surface area contributed by atoms with Gasteiger partial charge in [0.15, 0.2) is 6.29 Å². The number of hydrogen-bond donors (Lipinski definition) is 6. The molecule has 1 heterocycles. The van der Waals surface area contributed by atoms with E-state index >= 15 is 0 Å². The van der Waals surface area contributed by atoms with Crippen molar-refractivity contribution in [3.8, 4) is 0 Å². The number of allylic oxidation sites excluding steroid dienone is 4. The van der Waals surface area contributed by atoms with E-state index in [4.69, 9.17) is 9.47 Å². The van der Waals surface area contributed by atoms with Crippen LogP contribution in [0.2, 0.25) is 0 Å². The molecule has 1 amide bonds. The van der Waals surface area contributed by atoms with Gasteiger partial charge in [-0.05, 0) is 44.9 Å². The Kier molecular flexibility index (Phi) is 49.7. The fraction of sp³-hybridized carbons (Fsp3) is 0.919. The molecule has 0 aromatic heterocycles. The predicted octanol–water partition coefficient (Wildman–Crippen LogP) is 15.7. The second kappa shape index (κ2) is 52.1. The lowest BCUT2D eigenvalue weighted by Gasteiger charge is -2.40. The minimum Gasteiger partial charge on any atom is -0.394 e. The van der Waals surface area contributed by atoms with Crippen LogP contribution in [0, 0.1) is 0 Å². The van der Waals surface area contributed by atoms with E-state index in [1.807, 2.05) is 0 Å². The number of ether oxygens (including phenoxy) is 2. The van der Waals surface area contributed by atoms with E-state index in [0.717, 1.165) is 44.9 Å².